The molecule has 9 heteroatoms. The summed E-state index contributed by atoms with van der Waals surface area (Å²) in [4.78, 5) is 27.2. The maximum atomic E-state index is 13.2. The van der Waals surface area contributed by atoms with Crippen molar-refractivity contribution in [3.8, 4) is 11.5 Å². The molecule has 0 bridgehead atoms. The van der Waals surface area contributed by atoms with Crippen LogP contribution in [-0.2, 0) is 9.59 Å². The highest BCUT2D eigenvalue weighted by Gasteiger charge is 2.40. The molecule has 172 valence electrons. The molecule has 1 unspecified atom stereocenters. The molecule has 0 spiro atoms. The van der Waals surface area contributed by atoms with Crippen LogP contribution >= 0.6 is 11.8 Å². The minimum atomic E-state index is -0.679. The largest absolute Gasteiger partial charge is 0.508 e. The molecule has 2 amide bonds. The van der Waals surface area contributed by atoms with E-state index < -0.39 is 5.25 Å². The van der Waals surface area contributed by atoms with E-state index in [0.717, 1.165) is 22.9 Å². The lowest BCUT2D eigenvalue weighted by atomic mass is 10.2. The Morgan fingerprint density at radius 3 is 2.26 bits per heavy atom. The van der Waals surface area contributed by atoms with Gasteiger partial charge in [-0.1, -0.05) is 29.5 Å². The summed E-state index contributed by atoms with van der Waals surface area (Å²) in [6, 6.07) is 20.0. The Labute approximate surface area is 200 Å². The number of aryl methyl sites for hydroxylation is 1. The number of nitrogens with zero attached hydrogens (tertiary/aromatic N) is 3. The van der Waals surface area contributed by atoms with Crippen LogP contribution in [0.3, 0.4) is 0 Å². The van der Waals surface area contributed by atoms with Crippen molar-refractivity contribution < 1.29 is 19.8 Å². The minimum absolute atomic E-state index is 0.0351. The van der Waals surface area contributed by atoms with Crippen molar-refractivity contribution in [2.75, 3.05) is 10.2 Å². The van der Waals surface area contributed by atoms with Gasteiger partial charge in [-0.25, -0.2) is 0 Å². The van der Waals surface area contributed by atoms with Crippen LogP contribution in [0.2, 0.25) is 0 Å². The first kappa shape index (κ1) is 23.1. The van der Waals surface area contributed by atoms with Crippen molar-refractivity contribution in [2.45, 2.75) is 18.6 Å². The highest BCUT2D eigenvalue weighted by atomic mass is 32.2. The Bertz CT molecular complexity index is 1240. The van der Waals surface area contributed by atoms with Gasteiger partial charge in [-0.05, 0) is 73.2 Å². The summed E-state index contributed by atoms with van der Waals surface area (Å²) in [5.74, 6) is -0.367. The average molecular weight is 475 g/mol. The Kier molecular flexibility index (Phi) is 6.93. The Balaban J connectivity index is 1.53. The predicted octanol–water partition coefficient (Wildman–Crippen LogP) is 4.27. The molecule has 1 heterocycles. The van der Waals surface area contributed by atoms with Gasteiger partial charge < -0.3 is 15.5 Å². The summed E-state index contributed by atoms with van der Waals surface area (Å²) < 4.78 is 0. The van der Waals surface area contributed by atoms with Crippen molar-refractivity contribution in [2.24, 2.45) is 10.2 Å². The van der Waals surface area contributed by atoms with Crippen LogP contribution in [0.15, 0.2) is 83.0 Å². The zero-order valence-corrected chi connectivity index (χ0v) is 19.1. The second-order valence-corrected chi connectivity index (χ2v) is 8.80. The van der Waals surface area contributed by atoms with Crippen LogP contribution in [0, 0.1) is 6.92 Å². The van der Waals surface area contributed by atoms with Gasteiger partial charge in [0.1, 0.15) is 16.7 Å². The number of phenols is 2. The lowest BCUT2D eigenvalue weighted by Crippen LogP contribution is -2.33. The van der Waals surface area contributed by atoms with Crippen LogP contribution in [-0.4, -0.2) is 38.7 Å². The Morgan fingerprint density at radius 1 is 1.00 bits per heavy atom. The first-order valence-corrected chi connectivity index (χ1v) is 11.3. The molecule has 1 aliphatic heterocycles. The maximum absolute atomic E-state index is 13.2. The number of carbonyl (C=O) groups excluding carboxylic acids is 2. The molecule has 34 heavy (non-hydrogen) atoms. The number of nitrogens with one attached hydrogen (secondary N) is 1. The average Bonchev–Trinajstić information content (AvgIpc) is 3.12. The molecule has 3 aromatic carbocycles. The van der Waals surface area contributed by atoms with Crippen molar-refractivity contribution in [1.82, 2.24) is 0 Å². The van der Waals surface area contributed by atoms with Gasteiger partial charge in [-0.3, -0.25) is 14.5 Å². The summed E-state index contributed by atoms with van der Waals surface area (Å²) in [6.45, 7) is 1.96. The normalized spacial score (nSPS) is 17.0. The van der Waals surface area contributed by atoms with Gasteiger partial charge in [0.2, 0.25) is 11.8 Å². The second-order valence-electron chi connectivity index (χ2n) is 7.63. The zero-order valence-electron chi connectivity index (χ0n) is 18.3. The topological polar surface area (TPSA) is 115 Å². The van der Waals surface area contributed by atoms with E-state index in [9.17, 15) is 19.8 Å². The molecule has 8 nitrogen and oxygen atoms in total. The van der Waals surface area contributed by atoms with E-state index in [0.29, 0.717) is 16.5 Å². The van der Waals surface area contributed by atoms with Gasteiger partial charge in [0.15, 0.2) is 5.17 Å². The molecule has 3 N–H and O–H groups in total. The van der Waals surface area contributed by atoms with E-state index in [1.54, 1.807) is 24.3 Å². The molecule has 1 aliphatic rings. The van der Waals surface area contributed by atoms with Gasteiger partial charge in [-0.2, -0.15) is 5.10 Å². The monoisotopic (exact) mass is 474 g/mol. The number of phenolic OH excluding ortho intramolecular Hbond substituents is 2. The standard InChI is InChI=1S/C25H22N4O4S/c1-16-2-6-18(7-3-16)27-23(32)14-22-24(33)29(19-8-12-21(31)13-9-19)25(34-22)28-26-15-17-4-10-20(30)11-5-17/h2-13,15,22,30-31H,14H2,1H3,(H,27,32). The van der Waals surface area contributed by atoms with Gasteiger partial charge in [0, 0.05) is 12.1 Å². The highest BCUT2D eigenvalue weighted by Crippen LogP contribution is 2.34. The fraction of sp³-hybridized carbons (Fsp3) is 0.120. The number of amides is 2. The van der Waals surface area contributed by atoms with Crippen LogP contribution in [0.5, 0.6) is 11.5 Å². The molecular weight excluding hydrogens is 452 g/mol. The lowest BCUT2D eigenvalue weighted by molar-refractivity contribution is -0.121. The smallest absolute Gasteiger partial charge is 0.247 e. The zero-order chi connectivity index (χ0) is 24.1. The van der Waals surface area contributed by atoms with Gasteiger partial charge >= 0.3 is 0 Å². The molecule has 0 saturated carbocycles. The van der Waals surface area contributed by atoms with E-state index in [4.69, 9.17) is 0 Å². The number of benzene rings is 3. The third-order valence-electron chi connectivity index (χ3n) is 4.99. The first-order valence-electron chi connectivity index (χ1n) is 10.5. The van der Waals surface area contributed by atoms with Crippen LogP contribution in [0.25, 0.3) is 0 Å². The molecule has 3 aromatic rings. The summed E-state index contributed by atoms with van der Waals surface area (Å²) in [5, 5.41) is 29.8. The molecule has 1 atom stereocenters. The minimum Gasteiger partial charge on any atom is -0.508 e. The molecule has 0 aromatic heterocycles. The number of anilines is 2. The van der Waals surface area contributed by atoms with E-state index in [2.05, 4.69) is 15.5 Å². The van der Waals surface area contributed by atoms with E-state index in [1.165, 1.54) is 35.4 Å². The fourth-order valence-electron chi connectivity index (χ4n) is 3.23. The Morgan fingerprint density at radius 2 is 1.62 bits per heavy atom. The third-order valence-corrected chi connectivity index (χ3v) is 6.12. The molecule has 0 aliphatic carbocycles. The van der Waals surface area contributed by atoms with Gasteiger partial charge in [0.05, 0.1) is 11.9 Å². The number of rotatable bonds is 6. The van der Waals surface area contributed by atoms with E-state index >= 15 is 0 Å². The number of hydrogen-bond donors (Lipinski definition) is 3. The Hall–Kier alpha value is -4.11. The van der Waals surface area contributed by atoms with Crippen molar-refractivity contribution in [1.29, 1.82) is 0 Å². The first-order chi connectivity index (χ1) is 16.4. The van der Waals surface area contributed by atoms with Crippen LogP contribution in [0.4, 0.5) is 11.4 Å². The van der Waals surface area contributed by atoms with E-state index in [-0.39, 0.29) is 29.7 Å². The summed E-state index contributed by atoms with van der Waals surface area (Å²) >= 11 is 1.15. The fourth-order valence-corrected chi connectivity index (χ4v) is 4.32. The van der Waals surface area contributed by atoms with Crippen LogP contribution in [0.1, 0.15) is 17.5 Å². The van der Waals surface area contributed by atoms with Crippen LogP contribution < -0.4 is 10.2 Å². The number of thioether (sulfide) groups is 1. The summed E-state index contributed by atoms with van der Waals surface area (Å²) in [7, 11) is 0. The number of aromatic hydroxyl groups is 2. The number of carbonyl (C=O) groups is 2. The predicted molar refractivity (Wildman–Crippen MR) is 135 cm³/mol. The number of hydrogen-bond acceptors (Lipinski definition) is 7. The van der Waals surface area contributed by atoms with Gasteiger partial charge in [0.25, 0.3) is 0 Å². The van der Waals surface area contributed by atoms with E-state index in [1.807, 2.05) is 31.2 Å². The second kappa shape index (κ2) is 10.2. The molecule has 4 rings (SSSR count). The molecule has 1 saturated heterocycles. The number of amidine groups is 1. The highest BCUT2D eigenvalue weighted by molar-refractivity contribution is 8.16. The molecule has 0 radical (unpaired) electrons. The summed E-state index contributed by atoms with van der Waals surface area (Å²) in [5.41, 5.74) is 2.98. The molecule has 1 fully saturated rings. The van der Waals surface area contributed by atoms with Gasteiger partial charge in [-0.15, -0.1) is 5.10 Å². The SMILES string of the molecule is Cc1ccc(NC(=O)CC2SC(=NN=Cc3ccc(O)cc3)N(c3ccc(O)cc3)C2=O)cc1. The molecular formula is C25H22N4O4S. The van der Waals surface area contributed by atoms with Crippen molar-refractivity contribution >= 4 is 46.3 Å². The summed E-state index contributed by atoms with van der Waals surface area (Å²) in [6.07, 6.45) is 1.47. The quantitative estimate of drug-likeness (QED) is 0.365. The van der Waals surface area contributed by atoms with Crippen molar-refractivity contribution in [3.05, 3.63) is 83.9 Å². The van der Waals surface area contributed by atoms with Crippen molar-refractivity contribution in [3.63, 3.8) is 0 Å². The lowest BCUT2D eigenvalue weighted by Gasteiger charge is -2.16. The third kappa shape index (κ3) is 5.62. The maximum Gasteiger partial charge on any atom is 0.247 e.